The first-order valence-electron chi connectivity index (χ1n) is 11.2. The van der Waals surface area contributed by atoms with Gasteiger partial charge in [-0.05, 0) is 62.0 Å². The zero-order valence-electron chi connectivity index (χ0n) is 17.9. The number of hydrogen-bond donors (Lipinski definition) is 1. The largest absolute Gasteiger partial charge is 0.495 e. The van der Waals surface area contributed by atoms with Gasteiger partial charge < -0.3 is 19.4 Å². The van der Waals surface area contributed by atoms with E-state index in [9.17, 15) is 9.59 Å². The normalized spacial score (nSPS) is 28.4. The van der Waals surface area contributed by atoms with Crippen molar-refractivity contribution < 1.29 is 14.3 Å². The van der Waals surface area contributed by atoms with Gasteiger partial charge in [0.1, 0.15) is 11.3 Å². The van der Waals surface area contributed by atoms with Gasteiger partial charge in [-0.15, -0.1) is 0 Å². The molecule has 1 aromatic heterocycles. The predicted molar refractivity (Wildman–Crippen MR) is 123 cm³/mol. The molecule has 0 saturated heterocycles. The van der Waals surface area contributed by atoms with Crippen molar-refractivity contribution in [2.75, 3.05) is 25.7 Å². The number of pyridine rings is 1. The van der Waals surface area contributed by atoms with Crippen LogP contribution in [-0.2, 0) is 11.3 Å². The zero-order chi connectivity index (χ0) is 21.6. The van der Waals surface area contributed by atoms with Gasteiger partial charge in [-0.3, -0.25) is 9.59 Å². The average molecular weight is 489 g/mol. The Labute approximate surface area is 190 Å². The van der Waals surface area contributed by atoms with Crippen LogP contribution in [-0.4, -0.2) is 41.7 Å². The Morgan fingerprint density at radius 1 is 1.23 bits per heavy atom. The van der Waals surface area contributed by atoms with Crippen LogP contribution in [0.5, 0.6) is 5.75 Å². The van der Waals surface area contributed by atoms with Gasteiger partial charge in [-0.25, -0.2) is 0 Å². The number of fused-ring (bicyclic) bond motifs is 1. The van der Waals surface area contributed by atoms with Crippen LogP contribution >= 0.6 is 15.9 Å². The van der Waals surface area contributed by atoms with Crippen molar-refractivity contribution in [1.29, 1.82) is 0 Å². The number of ether oxygens (including phenoxy) is 2. The van der Waals surface area contributed by atoms with Gasteiger partial charge in [0.2, 0.25) is 5.43 Å². The molecule has 7 heteroatoms. The molecule has 6 rings (SSSR count). The summed E-state index contributed by atoms with van der Waals surface area (Å²) < 4.78 is 13.1. The molecule has 4 bridgehead atoms. The van der Waals surface area contributed by atoms with Crippen LogP contribution in [0, 0.1) is 17.8 Å². The number of aromatic nitrogens is 1. The lowest BCUT2D eigenvalue weighted by Gasteiger charge is -2.34. The number of para-hydroxylation sites is 1. The fourth-order valence-electron chi connectivity index (χ4n) is 6.54. The average Bonchev–Trinajstić information content (AvgIpc) is 3.14. The smallest absolute Gasteiger partial charge is 0.257 e. The Bertz CT molecular complexity index is 1050. The van der Waals surface area contributed by atoms with E-state index < -0.39 is 0 Å². The molecule has 0 aliphatic heterocycles. The van der Waals surface area contributed by atoms with Crippen LogP contribution in [0.1, 0.15) is 42.5 Å². The summed E-state index contributed by atoms with van der Waals surface area (Å²) in [6.45, 7) is 1.62. The molecule has 2 unspecified atom stereocenters. The number of rotatable bonds is 8. The number of carbonyl (C=O) groups is 1. The number of nitrogens with one attached hydrogen (secondary N) is 1. The molecule has 2 aromatic rings. The van der Waals surface area contributed by atoms with Crippen LogP contribution in [0.15, 0.2) is 29.2 Å². The summed E-state index contributed by atoms with van der Waals surface area (Å²) in [5.41, 5.74) is 0.567. The number of amides is 1. The SMILES string of the molecule is COc1cccc2c(=O)c(C(=O)NC34CC5CC(CC3C5)C4)cn(CCOCCBr)c12. The van der Waals surface area contributed by atoms with Crippen molar-refractivity contribution in [2.45, 2.75) is 44.2 Å². The number of nitrogens with zero attached hydrogens (tertiary/aromatic N) is 1. The van der Waals surface area contributed by atoms with E-state index in [0.717, 1.165) is 30.0 Å². The van der Waals surface area contributed by atoms with Crippen molar-refractivity contribution in [3.8, 4) is 5.75 Å². The molecule has 1 heterocycles. The lowest BCUT2D eigenvalue weighted by molar-refractivity contribution is 0.0872. The number of halogens is 1. The first-order chi connectivity index (χ1) is 15.0. The second-order valence-corrected chi connectivity index (χ2v) is 10.2. The van der Waals surface area contributed by atoms with Gasteiger partial charge in [-0.2, -0.15) is 0 Å². The third kappa shape index (κ3) is 3.59. The summed E-state index contributed by atoms with van der Waals surface area (Å²) in [5, 5.41) is 4.61. The summed E-state index contributed by atoms with van der Waals surface area (Å²) in [4.78, 5) is 26.8. The minimum Gasteiger partial charge on any atom is -0.495 e. The molecule has 4 aliphatic rings. The highest BCUT2D eigenvalue weighted by atomic mass is 79.9. The lowest BCUT2D eigenvalue weighted by Crippen LogP contribution is -2.50. The van der Waals surface area contributed by atoms with E-state index in [1.54, 1.807) is 25.4 Å². The van der Waals surface area contributed by atoms with E-state index in [0.29, 0.717) is 42.3 Å². The number of carbonyl (C=O) groups excluding carboxylic acids is 1. The standard InChI is InChI=1S/C24H29BrN2O4/c1-30-20-4-2-3-18-21(20)27(6-8-31-7-5-25)14-19(22(18)28)23(29)26-24-12-15-9-16(13-24)11-17(24)10-15/h2-4,14-17H,5-13H2,1H3,(H,26,29). The van der Waals surface area contributed by atoms with Crippen molar-refractivity contribution in [2.24, 2.45) is 17.8 Å². The number of methoxy groups -OCH3 is 1. The van der Waals surface area contributed by atoms with Gasteiger partial charge in [0.25, 0.3) is 5.91 Å². The second-order valence-electron chi connectivity index (χ2n) is 9.38. The van der Waals surface area contributed by atoms with Gasteiger partial charge >= 0.3 is 0 Å². The zero-order valence-corrected chi connectivity index (χ0v) is 19.4. The molecule has 31 heavy (non-hydrogen) atoms. The first kappa shape index (κ1) is 21.0. The van der Waals surface area contributed by atoms with Crippen LogP contribution < -0.4 is 15.5 Å². The van der Waals surface area contributed by atoms with Gasteiger partial charge in [-0.1, -0.05) is 22.0 Å². The second kappa shape index (κ2) is 8.24. The first-order valence-corrected chi connectivity index (χ1v) is 12.3. The molecule has 1 amide bonds. The molecule has 166 valence electrons. The van der Waals surface area contributed by atoms with Crippen molar-refractivity contribution in [3.05, 3.63) is 40.2 Å². The van der Waals surface area contributed by atoms with Crippen molar-refractivity contribution in [3.63, 3.8) is 0 Å². The highest BCUT2D eigenvalue weighted by Crippen LogP contribution is 2.60. The summed E-state index contributed by atoms with van der Waals surface area (Å²) in [6.07, 6.45) is 7.58. The maximum absolute atomic E-state index is 13.4. The molecule has 2 atom stereocenters. The fourth-order valence-corrected chi connectivity index (χ4v) is 6.77. The minimum absolute atomic E-state index is 0.107. The van der Waals surface area contributed by atoms with Crippen LogP contribution in [0.4, 0.5) is 0 Å². The molecular formula is C24H29BrN2O4. The summed E-state index contributed by atoms with van der Waals surface area (Å²) in [6, 6.07) is 5.41. The van der Waals surface area contributed by atoms with Crippen LogP contribution in [0.3, 0.4) is 0 Å². The maximum atomic E-state index is 13.4. The Hall–Kier alpha value is -1.86. The Morgan fingerprint density at radius 2 is 2.00 bits per heavy atom. The minimum atomic E-state index is -0.238. The van der Waals surface area contributed by atoms with Crippen molar-refractivity contribution in [1.82, 2.24) is 9.88 Å². The molecule has 4 aliphatic carbocycles. The Morgan fingerprint density at radius 3 is 2.71 bits per heavy atom. The number of alkyl halides is 1. The fraction of sp³-hybridized carbons (Fsp3) is 0.583. The summed E-state index contributed by atoms with van der Waals surface area (Å²) in [5.74, 6) is 2.43. The van der Waals surface area contributed by atoms with E-state index in [1.165, 1.54) is 19.3 Å². The maximum Gasteiger partial charge on any atom is 0.257 e. The Kier molecular flexibility index (Phi) is 5.59. The highest BCUT2D eigenvalue weighted by molar-refractivity contribution is 9.09. The third-order valence-corrected chi connectivity index (χ3v) is 7.90. The van der Waals surface area contributed by atoms with Gasteiger partial charge in [0.15, 0.2) is 0 Å². The number of hydrogen-bond acceptors (Lipinski definition) is 4. The third-order valence-electron chi connectivity index (χ3n) is 7.58. The molecule has 4 fully saturated rings. The molecule has 0 radical (unpaired) electrons. The van der Waals surface area contributed by atoms with Crippen LogP contribution in [0.2, 0.25) is 0 Å². The number of benzene rings is 1. The molecular weight excluding hydrogens is 460 g/mol. The molecule has 6 nitrogen and oxygen atoms in total. The summed E-state index contributed by atoms with van der Waals surface area (Å²) >= 11 is 3.36. The quantitative estimate of drug-likeness (QED) is 0.453. The van der Waals surface area contributed by atoms with E-state index in [2.05, 4.69) is 21.2 Å². The van der Waals surface area contributed by atoms with E-state index in [-0.39, 0.29) is 22.4 Å². The van der Waals surface area contributed by atoms with Crippen LogP contribution in [0.25, 0.3) is 10.9 Å². The monoisotopic (exact) mass is 488 g/mol. The topological polar surface area (TPSA) is 69.6 Å². The molecule has 4 saturated carbocycles. The summed E-state index contributed by atoms with van der Waals surface area (Å²) in [7, 11) is 1.59. The van der Waals surface area contributed by atoms with Gasteiger partial charge in [0.05, 0.1) is 31.2 Å². The van der Waals surface area contributed by atoms with E-state index >= 15 is 0 Å². The van der Waals surface area contributed by atoms with Crippen molar-refractivity contribution >= 4 is 32.7 Å². The molecule has 0 spiro atoms. The molecule has 1 N–H and O–H groups in total. The highest BCUT2D eigenvalue weighted by Gasteiger charge is 2.58. The lowest BCUT2D eigenvalue weighted by atomic mass is 9.80. The van der Waals surface area contributed by atoms with E-state index in [1.807, 2.05) is 10.6 Å². The van der Waals surface area contributed by atoms with Gasteiger partial charge in [0, 0.05) is 23.6 Å². The molecule has 1 aromatic carbocycles. The Balaban J connectivity index is 1.50. The van der Waals surface area contributed by atoms with E-state index in [4.69, 9.17) is 9.47 Å². The predicted octanol–water partition coefficient (Wildman–Crippen LogP) is 3.73.